The zero-order valence-electron chi connectivity index (χ0n) is 15.7. The number of nitrogens with zero attached hydrogens (tertiary/aromatic N) is 1. The summed E-state index contributed by atoms with van der Waals surface area (Å²) < 4.78 is 45.3. The van der Waals surface area contributed by atoms with Crippen LogP contribution >= 0.6 is 0 Å². The lowest BCUT2D eigenvalue weighted by atomic mass is 10.1. The molecule has 1 saturated heterocycles. The molecule has 2 aromatic rings. The van der Waals surface area contributed by atoms with Crippen molar-refractivity contribution >= 4 is 21.6 Å². The van der Waals surface area contributed by atoms with Crippen molar-refractivity contribution in [1.82, 2.24) is 4.31 Å². The highest BCUT2D eigenvalue weighted by Gasteiger charge is 2.27. The van der Waals surface area contributed by atoms with Crippen LogP contribution in [-0.2, 0) is 21.2 Å². The first-order valence-electron chi connectivity index (χ1n) is 9.12. The van der Waals surface area contributed by atoms with Gasteiger partial charge in [-0.2, -0.15) is 4.31 Å². The van der Waals surface area contributed by atoms with Crippen LogP contribution in [0.2, 0.25) is 0 Å². The van der Waals surface area contributed by atoms with Crippen LogP contribution in [0.1, 0.15) is 24.8 Å². The molecular formula is C20H23FN2O4S. The molecule has 0 spiro atoms. The molecule has 0 radical (unpaired) electrons. The van der Waals surface area contributed by atoms with Crippen molar-refractivity contribution in [3.05, 3.63) is 53.8 Å². The van der Waals surface area contributed by atoms with Crippen LogP contribution in [-0.4, -0.2) is 38.8 Å². The molecule has 1 amide bonds. The molecular weight excluding hydrogens is 383 g/mol. The number of anilines is 1. The van der Waals surface area contributed by atoms with Crippen molar-refractivity contribution in [2.45, 2.75) is 30.6 Å². The molecule has 150 valence electrons. The molecule has 0 aromatic heterocycles. The Labute approximate surface area is 164 Å². The maximum absolute atomic E-state index is 12.9. The number of aryl methyl sites for hydroxylation is 1. The van der Waals surface area contributed by atoms with E-state index in [1.54, 1.807) is 12.1 Å². The third-order valence-electron chi connectivity index (χ3n) is 4.70. The molecule has 8 heteroatoms. The molecule has 3 rings (SSSR count). The molecule has 6 nitrogen and oxygen atoms in total. The summed E-state index contributed by atoms with van der Waals surface area (Å²) in [7, 11) is -2.03. The second kappa shape index (κ2) is 8.70. The molecule has 0 saturated carbocycles. The lowest BCUT2D eigenvalue weighted by Crippen LogP contribution is -2.28. The van der Waals surface area contributed by atoms with Gasteiger partial charge in [0.1, 0.15) is 11.6 Å². The highest BCUT2D eigenvalue weighted by atomic mass is 32.2. The van der Waals surface area contributed by atoms with Crippen LogP contribution in [0.3, 0.4) is 0 Å². The molecule has 1 N–H and O–H groups in total. The smallest absolute Gasteiger partial charge is 0.243 e. The number of benzene rings is 2. The van der Waals surface area contributed by atoms with Crippen LogP contribution in [0.4, 0.5) is 10.1 Å². The fraction of sp³-hybridized carbons (Fsp3) is 0.350. The van der Waals surface area contributed by atoms with Crippen LogP contribution < -0.4 is 10.1 Å². The number of sulfonamides is 1. The maximum atomic E-state index is 12.9. The molecule has 1 aliphatic rings. The van der Waals surface area contributed by atoms with E-state index in [1.165, 1.54) is 41.7 Å². The Morgan fingerprint density at radius 2 is 1.82 bits per heavy atom. The summed E-state index contributed by atoms with van der Waals surface area (Å²) in [6.07, 6.45) is 2.19. The van der Waals surface area contributed by atoms with Gasteiger partial charge in [-0.15, -0.1) is 0 Å². The van der Waals surface area contributed by atoms with Gasteiger partial charge in [0.2, 0.25) is 15.9 Å². The summed E-state index contributed by atoms with van der Waals surface area (Å²) in [6, 6.07) is 10.2. The average Bonchev–Trinajstić information content (AvgIpc) is 3.23. The third kappa shape index (κ3) is 4.69. The second-order valence-corrected chi connectivity index (χ2v) is 8.58. The van der Waals surface area contributed by atoms with Crippen molar-refractivity contribution in [2.75, 3.05) is 25.5 Å². The van der Waals surface area contributed by atoms with Crippen molar-refractivity contribution in [2.24, 2.45) is 0 Å². The van der Waals surface area contributed by atoms with E-state index in [1.807, 2.05) is 0 Å². The number of amides is 1. The zero-order chi connectivity index (χ0) is 20.1. The number of carbonyl (C=O) groups excluding carboxylic acids is 1. The Balaban J connectivity index is 1.71. The number of halogens is 1. The molecule has 0 bridgehead atoms. The topological polar surface area (TPSA) is 75.7 Å². The van der Waals surface area contributed by atoms with Gasteiger partial charge < -0.3 is 10.1 Å². The molecule has 1 heterocycles. The summed E-state index contributed by atoms with van der Waals surface area (Å²) in [5.74, 6) is -0.0878. The van der Waals surface area contributed by atoms with E-state index in [4.69, 9.17) is 4.74 Å². The number of ether oxygens (including phenoxy) is 1. The van der Waals surface area contributed by atoms with Gasteiger partial charge in [0, 0.05) is 25.2 Å². The van der Waals surface area contributed by atoms with E-state index < -0.39 is 10.0 Å². The van der Waals surface area contributed by atoms with E-state index >= 15 is 0 Å². The quantitative estimate of drug-likeness (QED) is 0.766. The van der Waals surface area contributed by atoms with Crippen LogP contribution in [0.15, 0.2) is 47.4 Å². The lowest BCUT2D eigenvalue weighted by molar-refractivity contribution is -0.116. The predicted molar refractivity (Wildman–Crippen MR) is 104 cm³/mol. The minimum absolute atomic E-state index is 0.140. The molecule has 28 heavy (non-hydrogen) atoms. The van der Waals surface area contributed by atoms with Crippen LogP contribution in [0.5, 0.6) is 5.75 Å². The van der Waals surface area contributed by atoms with E-state index in [-0.39, 0.29) is 23.0 Å². The summed E-state index contributed by atoms with van der Waals surface area (Å²) in [5.41, 5.74) is 1.15. The SMILES string of the molecule is COc1ccc(S(=O)(=O)N2CCCC2)cc1CCC(=O)Nc1ccc(F)cc1. The number of methoxy groups -OCH3 is 1. The van der Waals surface area contributed by atoms with E-state index in [9.17, 15) is 17.6 Å². The predicted octanol–water partition coefficient (Wildman–Crippen LogP) is 3.19. The minimum atomic E-state index is -3.54. The molecule has 1 aliphatic heterocycles. The van der Waals surface area contributed by atoms with Gasteiger partial charge >= 0.3 is 0 Å². The highest BCUT2D eigenvalue weighted by Crippen LogP contribution is 2.27. The number of carbonyl (C=O) groups is 1. The van der Waals surface area contributed by atoms with Gasteiger partial charge in [-0.05, 0) is 67.3 Å². The second-order valence-electron chi connectivity index (χ2n) is 6.64. The molecule has 0 atom stereocenters. The highest BCUT2D eigenvalue weighted by molar-refractivity contribution is 7.89. The number of hydrogen-bond donors (Lipinski definition) is 1. The van der Waals surface area contributed by atoms with E-state index in [0.717, 1.165) is 12.8 Å². The first kappa shape index (κ1) is 20.3. The number of hydrogen-bond acceptors (Lipinski definition) is 4. The largest absolute Gasteiger partial charge is 0.496 e. The Bertz CT molecular complexity index is 939. The van der Waals surface area contributed by atoms with Gasteiger partial charge in [-0.1, -0.05) is 0 Å². The zero-order valence-corrected chi connectivity index (χ0v) is 16.5. The summed E-state index contributed by atoms with van der Waals surface area (Å²) >= 11 is 0. The maximum Gasteiger partial charge on any atom is 0.243 e. The molecule has 2 aromatic carbocycles. The minimum Gasteiger partial charge on any atom is -0.496 e. The summed E-state index contributed by atoms with van der Waals surface area (Å²) in [4.78, 5) is 12.4. The fourth-order valence-electron chi connectivity index (χ4n) is 3.19. The standard InChI is InChI=1S/C20H23FN2O4S/c1-27-19-10-9-18(28(25,26)23-12-2-3-13-23)14-15(19)4-11-20(24)22-17-7-5-16(21)6-8-17/h5-10,14H,2-4,11-13H2,1H3,(H,22,24). The van der Waals surface area contributed by atoms with E-state index in [0.29, 0.717) is 36.5 Å². The van der Waals surface area contributed by atoms with Gasteiger partial charge in [0.05, 0.1) is 12.0 Å². The molecule has 1 fully saturated rings. The van der Waals surface area contributed by atoms with E-state index in [2.05, 4.69) is 5.32 Å². The number of rotatable bonds is 7. The van der Waals surface area contributed by atoms with Crippen LogP contribution in [0, 0.1) is 5.82 Å². The molecule has 0 unspecified atom stereocenters. The molecule has 0 aliphatic carbocycles. The van der Waals surface area contributed by atoms with Gasteiger partial charge in [-0.25, -0.2) is 12.8 Å². The van der Waals surface area contributed by atoms with Crippen LogP contribution in [0.25, 0.3) is 0 Å². The Morgan fingerprint density at radius 3 is 2.46 bits per heavy atom. The van der Waals surface area contributed by atoms with Gasteiger partial charge in [0.15, 0.2) is 0 Å². The first-order valence-corrected chi connectivity index (χ1v) is 10.6. The Kier molecular flexibility index (Phi) is 6.31. The van der Waals surface area contributed by atoms with Gasteiger partial charge in [0.25, 0.3) is 0 Å². The Morgan fingerprint density at radius 1 is 1.14 bits per heavy atom. The van der Waals surface area contributed by atoms with Crippen molar-refractivity contribution < 1.29 is 22.3 Å². The van der Waals surface area contributed by atoms with Crippen molar-refractivity contribution in [3.8, 4) is 5.75 Å². The van der Waals surface area contributed by atoms with Gasteiger partial charge in [-0.3, -0.25) is 4.79 Å². The summed E-state index contributed by atoms with van der Waals surface area (Å²) in [6.45, 7) is 1.06. The fourth-order valence-corrected chi connectivity index (χ4v) is 4.76. The van der Waals surface area contributed by atoms with Crippen molar-refractivity contribution in [1.29, 1.82) is 0 Å². The monoisotopic (exact) mass is 406 g/mol. The normalized spacial score (nSPS) is 14.8. The Hall–Kier alpha value is -2.45. The average molecular weight is 406 g/mol. The first-order chi connectivity index (χ1) is 13.4. The summed E-state index contributed by atoms with van der Waals surface area (Å²) in [5, 5.41) is 2.69. The number of nitrogens with one attached hydrogen (secondary N) is 1. The van der Waals surface area contributed by atoms with Crippen molar-refractivity contribution in [3.63, 3.8) is 0 Å². The lowest BCUT2D eigenvalue weighted by Gasteiger charge is -2.17. The third-order valence-corrected chi connectivity index (χ3v) is 6.60.